The molecule has 17 heavy (non-hydrogen) atoms. The lowest BCUT2D eigenvalue weighted by molar-refractivity contribution is -0.141. The Morgan fingerprint density at radius 3 is 2.76 bits per heavy atom. The molecule has 1 saturated carbocycles. The Bertz CT molecular complexity index is 399. The molecule has 1 aliphatic carbocycles. The van der Waals surface area contributed by atoms with Crippen molar-refractivity contribution in [3.63, 3.8) is 0 Å². The second-order valence-corrected chi connectivity index (χ2v) is 4.34. The number of carboxylic acid groups (broad SMARTS) is 1. The summed E-state index contributed by atoms with van der Waals surface area (Å²) >= 11 is 0. The molecule has 1 amide bonds. The Balaban J connectivity index is 1.79. The van der Waals surface area contributed by atoms with Crippen LogP contribution in [0.15, 0.2) is 22.8 Å². The van der Waals surface area contributed by atoms with Crippen LogP contribution >= 0.6 is 0 Å². The molecule has 0 bridgehead atoms. The fourth-order valence-electron chi connectivity index (χ4n) is 2.18. The van der Waals surface area contributed by atoms with E-state index in [4.69, 9.17) is 9.52 Å². The molecule has 0 aliphatic heterocycles. The maximum atomic E-state index is 11.8. The van der Waals surface area contributed by atoms with Gasteiger partial charge in [-0.1, -0.05) is 0 Å². The van der Waals surface area contributed by atoms with Gasteiger partial charge in [0.1, 0.15) is 5.76 Å². The average Bonchev–Trinajstić information content (AvgIpc) is 2.96. The number of rotatable bonds is 4. The van der Waals surface area contributed by atoms with Crippen LogP contribution in [0.3, 0.4) is 0 Å². The first kappa shape index (κ1) is 11.7. The van der Waals surface area contributed by atoms with Crippen LogP contribution in [-0.4, -0.2) is 17.0 Å². The minimum Gasteiger partial charge on any atom is -0.481 e. The maximum absolute atomic E-state index is 11.8. The minimum absolute atomic E-state index is 0.0786. The van der Waals surface area contributed by atoms with Crippen molar-refractivity contribution in [2.45, 2.75) is 25.8 Å². The summed E-state index contributed by atoms with van der Waals surface area (Å²) in [5.41, 5.74) is 0. The number of hydrogen-bond donors (Lipinski definition) is 2. The summed E-state index contributed by atoms with van der Waals surface area (Å²) in [4.78, 5) is 22.5. The quantitative estimate of drug-likeness (QED) is 0.829. The molecule has 0 unspecified atom stereocenters. The molecule has 0 spiro atoms. The van der Waals surface area contributed by atoms with Gasteiger partial charge in [0, 0.05) is 5.92 Å². The Morgan fingerprint density at radius 2 is 2.18 bits per heavy atom. The number of carbonyl (C=O) groups excluding carboxylic acids is 1. The molecule has 2 N–H and O–H groups in total. The monoisotopic (exact) mass is 237 g/mol. The number of furan rings is 1. The second-order valence-electron chi connectivity index (χ2n) is 4.34. The van der Waals surface area contributed by atoms with Crippen LogP contribution in [0.2, 0.25) is 0 Å². The Morgan fingerprint density at radius 1 is 1.41 bits per heavy atom. The summed E-state index contributed by atoms with van der Waals surface area (Å²) in [5.74, 6) is -0.719. The lowest BCUT2D eigenvalue weighted by Gasteiger charge is -2.09. The fraction of sp³-hybridized carbons (Fsp3) is 0.500. The lowest BCUT2D eigenvalue weighted by atomic mass is 10.0. The number of hydrogen-bond acceptors (Lipinski definition) is 3. The van der Waals surface area contributed by atoms with Gasteiger partial charge in [-0.3, -0.25) is 9.59 Å². The van der Waals surface area contributed by atoms with Crippen molar-refractivity contribution < 1.29 is 19.1 Å². The maximum Gasteiger partial charge on any atom is 0.306 e. The third-order valence-electron chi connectivity index (χ3n) is 3.17. The average molecular weight is 237 g/mol. The summed E-state index contributed by atoms with van der Waals surface area (Å²) in [6, 6.07) is 3.55. The van der Waals surface area contributed by atoms with E-state index in [1.165, 1.54) is 0 Å². The van der Waals surface area contributed by atoms with E-state index in [1.54, 1.807) is 18.4 Å². The molecule has 0 radical (unpaired) electrons. The van der Waals surface area contributed by atoms with Crippen LogP contribution in [0.5, 0.6) is 0 Å². The van der Waals surface area contributed by atoms with E-state index in [9.17, 15) is 9.59 Å². The summed E-state index contributed by atoms with van der Waals surface area (Å²) in [7, 11) is 0. The highest BCUT2D eigenvalue weighted by atomic mass is 16.4. The molecule has 1 aliphatic rings. The highest BCUT2D eigenvalue weighted by Gasteiger charge is 2.33. The number of nitrogens with one attached hydrogen (secondary N) is 1. The van der Waals surface area contributed by atoms with Crippen molar-refractivity contribution >= 4 is 11.9 Å². The van der Waals surface area contributed by atoms with Gasteiger partial charge in [-0.15, -0.1) is 0 Å². The third-order valence-corrected chi connectivity index (χ3v) is 3.17. The first-order valence-electron chi connectivity index (χ1n) is 5.69. The lowest BCUT2D eigenvalue weighted by Crippen LogP contribution is -2.29. The molecule has 5 heteroatoms. The highest BCUT2D eigenvalue weighted by Crippen LogP contribution is 2.31. The summed E-state index contributed by atoms with van der Waals surface area (Å²) in [5, 5.41) is 11.6. The van der Waals surface area contributed by atoms with Gasteiger partial charge < -0.3 is 14.8 Å². The van der Waals surface area contributed by atoms with Crippen molar-refractivity contribution in [1.82, 2.24) is 5.32 Å². The van der Waals surface area contributed by atoms with E-state index in [0.29, 0.717) is 31.6 Å². The molecule has 0 aromatic carbocycles. The van der Waals surface area contributed by atoms with Gasteiger partial charge in [0.2, 0.25) is 5.91 Å². The number of carboxylic acids is 1. The van der Waals surface area contributed by atoms with Crippen molar-refractivity contribution in [3.05, 3.63) is 24.2 Å². The zero-order valence-corrected chi connectivity index (χ0v) is 9.39. The molecule has 2 atom stereocenters. The standard InChI is InChI=1S/C12H15NO4/c14-11(13-7-10-2-1-5-17-10)8-3-4-9(6-8)12(15)16/h1-2,5,8-9H,3-4,6-7H2,(H,13,14)(H,15,16)/t8-,9+/m1/s1. The largest absolute Gasteiger partial charge is 0.481 e. The highest BCUT2D eigenvalue weighted by molar-refractivity contribution is 5.80. The smallest absolute Gasteiger partial charge is 0.306 e. The van der Waals surface area contributed by atoms with E-state index in [0.717, 1.165) is 0 Å². The van der Waals surface area contributed by atoms with Gasteiger partial charge in [-0.25, -0.2) is 0 Å². The number of amides is 1. The Labute approximate surface area is 98.8 Å². The molecule has 5 nitrogen and oxygen atoms in total. The molecule has 0 saturated heterocycles. The van der Waals surface area contributed by atoms with Crippen LogP contribution in [0.1, 0.15) is 25.0 Å². The van der Waals surface area contributed by atoms with Crippen LogP contribution in [0.25, 0.3) is 0 Å². The van der Waals surface area contributed by atoms with E-state index in [1.807, 2.05) is 0 Å². The van der Waals surface area contributed by atoms with E-state index in [2.05, 4.69) is 5.32 Å². The van der Waals surface area contributed by atoms with Crippen LogP contribution in [0.4, 0.5) is 0 Å². The van der Waals surface area contributed by atoms with Gasteiger partial charge in [0.05, 0.1) is 18.7 Å². The van der Waals surface area contributed by atoms with Crippen molar-refractivity contribution in [2.75, 3.05) is 0 Å². The molecule has 1 aromatic rings. The predicted octanol–water partition coefficient (Wildman–Crippen LogP) is 1.40. The number of aliphatic carboxylic acids is 1. The van der Waals surface area contributed by atoms with E-state index in [-0.39, 0.29) is 17.7 Å². The van der Waals surface area contributed by atoms with Gasteiger partial charge in [0.25, 0.3) is 0 Å². The summed E-state index contributed by atoms with van der Waals surface area (Å²) in [6.45, 7) is 0.361. The van der Waals surface area contributed by atoms with E-state index >= 15 is 0 Å². The minimum atomic E-state index is -0.800. The SMILES string of the molecule is O=C(O)[C@H]1CC[C@@H](C(=O)NCc2ccco2)C1. The van der Waals surface area contributed by atoms with Crippen molar-refractivity contribution in [1.29, 1.82) is 0 Å². The molecule has 1 heterocycles. The Hall–Kier alpha value is -1.78. The topological polar surface area (TPSA) is 79.5 Å². The van der Waals surface area contributed by atoms with E-state index < -0.39 is 5.97 Å². The Kier molecular flexibility index (Phi) is 3.46. The van der Waals surface area contributed by atoms with Crippen molar-refractivity contribution in [3.8, 4) is 0 Å². The van der Waals surface area contributed by atoms with Crippen molar-refractivity contribution in [2.24, 2.45) is 11.8 Å². The van der Waals surface area contributed by atoms with Crippen LogP contribution in [0, 0.1) is 11.8 Å². The molecule has 1 fully saturated rings. The third kappa shape index (κ3) is 2.87. The number of carbonyl (C=O) groups is 2. The first-order valence-corrected chi connectivity index (χ1v) is 5.69. The van der Waals surface area contributed by atoms with Gasteiger partial charge in [0.15, 0.2) is 0 Å². The predicted molar refractivity (Wildman–Crippen MR) is 59.0 cm³/mol. The zero-order chi connectivity index (χ0) is 12.3. The zero-order valence-electron chi connectivity index (χ0n) is 9.39. The molecule has 1 aromatic heterocycles. The van der Waals surface area contributed by atoms with Gasteiger partial charge in [-0.05, 0) is 31.4 Å². The summed E-state index contributed by atoms with van der Waals surface area (Å²) in [6.07, 6.45) is 3.24. The normalized spacial score (nSPS) is 23.5. The molecular weight excluding hydrogens is 222 g/mol. The van der Waals surface area contributed by atoms with Crippen LogP contribution in [-0.2, 0) is 16.1 Å². The fourth-order valence-corrected chi connectivity index (χ4v) is 2.18. The first-order chi connectivity index (χ1) is 8.16. The second kappa shape index (κ2) is 5.03. The molecule has 92 valence electrons. The van der Waals surface area contributed by atoms with Gasteiger partial charge >= 0.3 is 5.97 Å². The molecule has 2 rings (SSSR count). The van der Waals surface area contributed by atoms with Crippen LogP contribution < -0.4 is 5.32 Å². The van der Waals surface area contributed by atoms with Gasteiger partial charge in [-0.2, -0.15) is 0 Å². The summed E-state index contributed by atoms with van der Waals surface area (Å²) < 4.78 is 5.10. The molecular formula is C12H15NO4.